The molecule has 2 N–H and O–H groups in total. The number of amides is 1. The van der Waals surface area contributed by atoms with Gasteiger partial charge in [0.25, 0.3) is 5.91 Å². The molecule has 1 saturated heterocycles. The van der Waals surface area contributed by atoms with Crippen LogP contribution in [0.4, 0.5) is 10.1 Å². The number of aryl methyl sites for hydroxylation is 1. The van der Waals surface area contributed by atoms with Gasteiger partial charge in [-0.3, -0.25) is 4.79 Å². The zero-order valence-electron chi connectivity index (χ0n) is 13.5. The Bertz CT molecular complexity index is 726. The van der Waals surface area contributed by atoms with E-state index in [1.165, 1.54) is 17.4 Å². The van der Waals surface area contributed by atoms with Crippen molar-refractivity contribution >= 4 is 22.9 Å². The van der Waals surface area contributed by atoms with Crippen molar-refractivity contribution < 1.29 is 14.3 Å². The number of thiazole rings is 1. The monoisotopic (exact) mass is 349 g/mol. The molecule has 1 aromatic carbocycles. The number of carbonyl (C=O) groups is 1. The van der Waals surface area contributed by atoms with Crippen LogP contribution in [0.2, 0.25) is 0 Å². The topological polar surface area (TPSA) is 65.5 Å². The summed E-state index contributed by atoms with van der Waals surface area (Å²) in [6.45, 7) is 3.36. The highest BCUT2D eigenvalue weighted by molar-refractivity contribution is 7.11. The molecule has 0 aliphatic carbocycles. The van der Waals surface area contributed by atoms with Crippen LogP contribution in [0, 0.1) is 12.7 Å². The zero-order chi connectivity index (χ0) is 17.1. The second-order valence-electron chi connectivity index (χ2n) is 5.95. The number of halogens is 1. The summed E-state index contributed by atoms with van der Waals surface area (Å²) < 4.78 is 14.4. The third-order valence-corrected chi connectivity index (χ3v) is 5.15. The molecule has 1 fully saturated rings. The number of nitrogens with one attached hydrogen (secondary N) is 1. The number of rotatable bonds is 4. The summed E-state index contributed by atoms with van der Waals surface area (Å²) in [6.07, 6.45) is 1.03. The molecule has 5 nitrogen and oxygen atoms in total. The molecule has 2 heterocycles. The van der Waals surface area contributed by atoms with Crippen LogP contribution >= 0.6 is 11.3 Å². The van der Waals surface area contributed by atoms with E-state index >= 15 is 0 Å². The van der Waals surface area contributed by atoms with Crippen LogP contribution in [0.25, 0.3) is 0 Å². The molecule has 0 spiro atoms. The average Bonchev–Trinajstić information content (AvgIpc) is 3.00. The van der Waals surface area contributed by atoms with E-state index in [2.05, 4.69) is 10.3 Å². The van der Waals surface area contributed by atoms with E-state index in [0.717, 1.165) is 0 Å². The van der Waals surface area contributed by atoms with Crippen LogP contribution in [-0.2, 0) is 6.54 Å². The van der Waals surface area contributed by atoms with Crippen LogP contribution in [0.15, 0.2) is 23.7 Å². The maximum absolute atomic E-state index is 14.4. The number of aliphatic hydroxyl groups excluding tert-OH is 1. The standard InChI is InChI=1S/C17H20FN3O2S/c1-11-16(24-10-20-11)17(23)19-9-12-2-3-15(14(18)8-12)21-6-4-13(22)5-7-21/h2-3,8,10,13,22H,4-7,9H2,1H3,(H,19,23). The number of carbonyl (C=O) groups excluding carboxylic acids is 1. The highest BCUT2D eigenvalue weighted by Crippen LogP contribution is 2.24. The Labute approximate surface area is 144 Å². The van der Waals surface area contributed by atoms with Crippen molar-refractivity contribution in [2.24, 2.45) is 0 Å². The molecule has 7 heteroatoms. The first-order chi connectivity index (χ1) is 11.5. The molecule has 24 heavy (non-hydrogen) atoms. The van der Waals surface area contributed by atoms with Crippen molar-refractivity contribution in [3.8, 4) is 0 Å². The normalized spacial score (nSPS) is 15.5. The largest absolute Gasteiger partial charge is 0.393 e. The van der Waals surface area contributed by atoms with Crippen LogP contribution in [0.3, 0.4) is 0 Å². The minimum absolute atomic E-state index is 0.190. The Morgan fingerprint density at radius 2 is 2.21 bits per heavy atom. The second-order valence-corrected chi connectivity index (χ2v) is 6.81. The third-order valence-electron chi connectivity index (χ3n) is 4.22. The molecule has 1 aliphatic rings. The van der Waals surface area contributed by atoms with Gasteiger partial charge in [0.05, 0.1) is 23.0 Å². The number of hydrogen-bond donors (Lipinski definition) is 2. The van der Waals surface area contributed by atoms with E-state index in [0.29, 0.717) is 47.8 Å². The average molecular weight is 349 g/mol. The van der Waals surface area contributed by atoms with Crippen LogP contribution in [0.1, 0.15) is 33.8 Å². The van der Waals surface area contributed by atoms with Crippen LogP contribution in [0.5, 0.6) is 0 Å². The third kappa shape index (κ3) is 3.73. The van der Waals surface area contributed by atoms with Crippen LogP contribution in [-0.4, -0.2) is 35.2 Å². The van der Waals surface area contributed by atoms with E-state index < -0.39 is 0 Å². The van der Waals surface area contributed by atoms with Crippen molar-refractivity contribution in [1.82, 2.24) is 10.3 Å². The van der Waals surface area contributed by atoms with Gasteiger partial charge in [-0.15, -0.1) is 11.3 Å². The fourth-order valence-electron chi connectivity index (χ4n) is 2.81. The Hall–Kier alpha value is -1.99. The van der Waals surface area contributed by atoms with Gasteiger partial charge in [-0.25, -0.2) is 9.37 Å². The molecule has 1 aliphatic heterocycles. The molecule has 0 unspecified atom stereocenters. The molecule has 2 aromatic rings. The summed E-state index contributed by atoms with van der Waals surface area (Å²) in [4.78, 5) is 18.6. The van der Waals surface area contributed by atoms with E-state index in [9.17, 15) is 14.3 Å². The van der Waals surface area contributed by atoms with Gasteiger partial charge >= 0.3 is 0 Å². The summed E-state index contributed by atoms with van der Waals surface area (Å²) >= 11 is 1.29. The lowest BCUT2D eigenvalue weighted by Gasteiger charge is -2.31. The van der Waals surface area contributed by atoms with E-state index in [4.69, 9.17) is 0 Å². The molecule has 0 radical (unpaired) electrons. The number of piperidine rings is 1. The highest BCUT2D eigenvalue weighted by Gasteiger charge is 2.20. The molecule has 0 bridgehead atoms. The molecular weight excluding hydrogens is 329 g/mol. The predicted octanol–water partition coefficient (Wildman–Crippen LogP) is 2.48. The van der Waals surface area contributed by atoms with Crippen molar-refractivity contribution in [2.45, 2.75) is 32.4 Å². The van der Waals surface area contributed by atoms with Crippen molar-refractivity contribution in [2.75, 3.05) is 18.0 Å². The molecule has 1 amide bonds. The Kier molecular flexibility index (Phi) is 5.11. The summed E-state index contributed by atoms with van der Waals surface area (Å²) in [5.74, 6) is -0.489. The van der Waals surface area contributed by atoms with Gasteiger partial charge in [0.1, 0.15) is 10.7 Å². The van der Waals surface area contributed by atoms with E-state index in [1.807, 2.05) is 11.0 Å². The lowest BCUT2D eigenvalue weighted by atomic mass is 10.1. The van der Waals surface area contributed by atoms with Gasteiger partial charge in [0, 0.05) is 19.6 Å². The number of hydrogen-bond acceptors (Lipinski definition) is 5. The van der Waals surface area contributed by atoms with Gasteiger partial charge in [-0.2, -0.15) is 0 Å². The lowest BCUT2D eigenvalue weighted by molar-refractivity contribution is 0.0954. The minimum atomic E-state index is -0.299. The van der Waals surface area contributed by atoms with Gasteiger partial charge in [0.2, 0.25) is 0 Å². The fraction of sp³-hybridized carbons (Fsp3) is 0.412. The Balaban J connectivity index is 1.62. The SMILES string of the molecule is Cc1ncsc1C(=O)NCc1ccc(N2CCC(O)CC2)c(F)c1. The number of benzene rings is 1. The predicted molar refractivity (Wildman–Crippen MR) is 91.9 cm³/mol. The molecule has 3 rings (SSSR count). The smallest absolute Gasteiger partial charge is 0.263 e. The van der Waals surface area contributed by atoms with Crippen molar-refractivity contribution in [1.29, 1.82) is 0 Å². The highest BCUT2D eigenvalue weighted by atomic mass is 32.1. The number of anilines is 1. The van der Waals surface area contributed by atoms with Gasteiger partial charge in [-0.05, 0) is 37.5 Å². The summed E-state index contributed by atoms with van der Waals surface area (Å²) in [5, 5.41) is 12.3. The number of aliphatic hydroxyl groups is 1. The summed E-state index contributed by atoms with van der Waals surface area (Å²) in [7, 11) is 0. The summed E-state index contributed by atoms with van der Waals surface area (Å²) in [6, 6.07) is 5.02. The van der Waals surface area contributed by atoms with Gasteiger partial charge < -0.3 is 15.3 Å². The lowest BCUT2D eigenvalue weighted by Crippen LogP contribution is -2.36. The molecule has 0 saturated carbocycles. The molecular formula is C17H20FN3O2S. The zero-order valence-corrected chi connectivity index (χ0v) is 14.3. The Morgan fingerprint density at radius 1 is 1.46 bits per heavy atom. The minimum Gasteiger partial charge on any atom is -0.393 e. The van der Waals surface area contributed by atoms with Gasteiger partial charge in [-0.1, -0.05) is 6.07 Å². The summed E-state index contributed by atoms with van der Waals surface area (Å²) in [5.41, 5.74) is 3.60. The maximum Gasteiger partial charge on any atom is 0.263 e. The Morgan fingerprint density at radius 3 is 2.83 bits per heavy atom. The second kappa shape index (κ2) is 7.27. The first-order valence-corrected chi connectivity index (χ1v) is 8.82. The van der Waals surface area contributed by atoms with E-state index in [-0.39, 0.29) is 24.4 Å². The fourth-order valence-corrected chi connectivity index (χ4v) is 3.52. The molecule has 128 valence electrons. The quantitative estimate of drug-likeness (QED) is 0.890. The molecule has 0 atom stereocenters. The number of aromatic nitrogens is 1. The van der Waals surface area contributed by atoms with E-state index in [1.54, 1.807) is 18.5 Å². The van der Waals surface area contributed by atoms with Gasteiger partial charge in [0.15, 0.2) is 0 Å². The maximum atomic E-state index is 14.4. The molecule has 1 aromatic heterocycles. The van der Waals surface area contributed by atoms with Crippen LogP contribution < -0.4 is 10.2 Å². The van der Waals surface area contributed by atoms with Crippen molar-refractivity contribution in [3.05, 3.63) is 45.7 Å². The number of nitrogens with zero attached hydrogens (tertiary/aromatic N) is 2. The first-order valence-electron chi connectivity index (χ1n) is 7.94. The first kappa shape index (κ1) is 16.9. The van der Waals surface area contributed by atoms with Crippen molar-refractivity contribution in [3.63, 3.8) is 0 Å².